The smallest absolute Gasteiger partial charge is 0.287 e. The number of amides is 2. The van der Waals surface area contributed by atoms with Gasteiger partial charge in [-0.1, -0.05) is 42.5 Å². The highest BCUT2D eigenvalue weighted by Crippen LogP contribution is 2.14. The van der Waals surface area contributed by atoms with Gasteiger partial charge in [-0.15, -0.1) is 0 Å². The molecule has 7 heteroatoms. The number of nitrogens with one attached hydrogen (secondary N) is 2. The first-order valence-electron chi connectivity index (χ1n) is 9.19. The molecule has 0 spiro atoms. The molecule has 7 nitrogen and oxygen atoms in total. The molecule has 3 heterocycles. The number of benzene rings is 1. The molecule has 0 atom stereocenters. The van der Waals surface area contributed by atoms with Gasteiger partial charge >= 0.3 is 0 Å². The average Bonchev–Trinajstić information content (AvgIpc) is 3.17. The summed E-state index contributed by atoms with van der Waals surface area (Å²) < 4.78 is 1.62. The molecule has 4 aromatic rings. The van der Waals surface area contributed by atoms with Crippen LogP contribution in [0.25, 0.3) is 5.52 Å². The molecule has 4 rings (SSSR count). The van der Waals surface area contributed by atoms with Gasteiger partial charge in [0.1, 0.15) is 0 Å². The van der Waals surface area contributed by atoms with Gasteiger partial charge in [0.25, 0.3) is 11.8 Å². The molecule has 29 heavy (non-hydrogen) atoms. The van der Waals surface area contributed by atoms with Gasteiger partial charge in [-0.05, 0) is 29.8 Å². The number of carbonyl (C=O) groups is 2. The van der Waals surface area contributed by atoms with Crippen LogP contribution in [0.4, 0.5) is 0 Å². The third-order valence-corrected chi connectivity index (χ3v) is 4.42. The van der Waals surface area contributed by atoms with Crippen molar-refractivity contribution >= 4 is 17.3 Å². The van der Waals surface area contributed by atoms with Crippen LogP contribution < -0.4 is 10.6 Å². The Labute approximate surface area is 167 Å². The topological polar surface area (TPSA) is 88.4 Å². The van der Waals surface area contributed by atoms with Gasteiger partial charge in [0.05, 0.1) is 17.8 Å². The molecular formula is C22H19N5O2. The quantitative estimate of drug-likeness (QED) is 0.534. The second kappa shape index (κ2) is 8.35. The summed E-state index contributed by atoms with van der Waals surface area (Å²) in [4.78, 5) is 33.9. The second-order valence-corrected chi connectivity index (χ2v) is 6.41. The fourth-order valence-electron chi connectivity index (χ4n) is 2.98. The molecule has 0 radical (unpaired) electrons. The summed E-state index contributed by atoms with van der Waals surface area (Å²) in [6, 6.07) is 20.5. The molecule has 0 aliphatic rings. The molecule has 0 aliphatic carbocycles. The molecule has 3 aromatic heterocycles. The summed E-state index contributed by atoms with van der Waals surface area (Å²) in [5, 5.41) is 5.66. The monoisotopic (exact) mass is 385 g/mol. The number of hydrogen-bond acceptors (Lipinski definition) is 4. The summed E-state index contributed by atoms with van der Waals surface area (Å²) >= 11 is 0. The van der Waals surface area contributed by atoms with Crippen molar-refractivity contribution in [2.75, 3.05) is 0 Å². The highest BCUT2D eigenvalue weighted by Gasteiger charge is 2.21. The Morgan fingerprint density at radius 1 is 0.828 bits per heavy atom. The molecule has 0 fully saturated rings. The van der Waals surface area contributed by atoms with Crippen LogP contribution in [0.15, 0.2) is 79.1 Å². The van der Waals surface area contributed by atoms with E-state index in [1.54, 1.807) is 35.0 Å². The van der Waals surface area contributed by atoms with Crippen molar-refractivity contribution in [3.05, 3.63) is 102 Å². The number of imidazole rings is 1. The Kier molecular flexibility index (Phi) is 5.29. The van der Waals surface area contributed by atoms with E-state index in [2.05, 4.69) is 20.6 Å². The number of pyridine rings is 2. The van der Waals surface area contributed by atoms with Gasteiger partial charge in [0, 0.05) is 18.9 Å². The van der Waals surface area contributed by atoms with Crippen molar-refractivity contribution in [3.8, 4) is 0 Å². The van der Waals surface area contributed by atoms with E-state index in [4.69, 9.17) is 0 Å². The van der Waals surface area contributed by atoms with Crippen LogP contribution in [0.2, 0.25) is 0 Å². The van der Waals surface area contributed by atoms with E-state index in [1.807, 2.05) is 48.5 Å². The molecular weight excluding hydrogens is 366 g/mol. The standard InChI is InChI=1S/C22H19N5O2/c28-21(25-15-17-10-4-6-12-23-17)19-18-11-5-7-13-27(18)20(26-19)22(29)24-14-16-8-2-1-3-9-16/h1-13H,14-15H2,(H,24,29)(H,25,28). The molecule has 0 aliphatic heterocycles. The molecule has 0 bridgehead atoms. The van der Waals surface area contributed by atoms with Crippen LogP contribution in [0.5, 0.6) is 0 Å². The number of aromatic nitrogens is 3. The van der Waals surface area contributed by atoms with E-state index >= 15 is 0 Å². The summed E-state index contributed by atoms with van der Waals surface area (Å²) in [5.41, 5.74) is 2.49. The van der Waals surface area contributed by atoms with Gasteiger partial charge in [-0.25, -0.2) is 4.98 Å². The Morgan fingerprint density at radius 2 is 1.59 bits per heavy atom. The lowest BCUT2D eigenvalue weighted by molar-refractivity contribution is 0.0939. The van der Waals surface area contributed by atoms with Gasteiger partial charge in [0.15, 0.2) is 5.69 Å². The normalized spacial score (nSPS) is 10.6. The zero-order valence-corrected chi connectivity index (χ0v) is 15.6. The lowest BCUT2D eigenvalue weighted by Gasteiger charge is -2.04. The summed E-state index contributed by atoms with van der Waals surface area (Å²) in [7, 11) is 0. The molecule has 0 unspecified atom stereocenters. The predicted molar refractivity (Wildman–Crippen MR) is 108 cm³/mol. The van der Waals surface area contributed by atoms with Crippen LogP contribution in [0.3, 0.4) is 0 Å². The maximum Gasteiger partial charge on any atom is 0.287 e. The first-order valence-corrected chi connectivity index (χ1v) is 9.19. The molecule has 0 saturated carbocycles. The van der Waals surface area contributed by atoms with Crippen molar-refractivity contribution in [1.29, 1.82) is 0 Å². The Morgan fingerprint density at radius 3 is 2.38 bits per heavy atom. The number of hydrogen-bond donors (Lipinski definition) is 2. The number of fused-ring (bicyclic) bond motifs is 1. The van der Waals surface area contributed by atoms with Crippen LogP contribution in [-0.2, 0) is 13.1 Å². The minimum Gasteiger partial charge on any atom is -0.345 e. The lowest BCUT2D eigenvalue weighted by Crippen LogP contribution is -2.26. The fraction of sp³-hybridized carbons (Fsp3) is 0.0909. The van der Waals surface area contributed by atoms with E-state index in [1.165, 1.54) is 0 Å². The Hall–Kier alpha value is -4.00. The molecule has 0 saturated heterocycles. The summed E-state index contributed by atoms with van der Waals surface area (Å²) in [6.07, 6.45) is 3.39. The van der Waals surface area contributed by atoms with Crippen LogP contribution in [0, 0.1) is 0 Å². The van der Waals surface area contributed by atoms with E-state index in [0.29, 0.717) is 12.1 Å². The largest absolute Gasteiger partial charge is 0.345 e. The Bertz CT molecular complexity index is 1050. The minimum atomic E-state index is -0.360. The van der Waals surface area contributed by atoms with Crippen molar-refractivity contribution in [3.63, 3.8) is 0 Å². The first-order chi connectivity index (χ1) is 14.2. The highest BCUT2D eigenvalue weighted by molar-refractivity contribution is 6.02. The maximum absolute atomic E-state index is 12.7. The third-order valence-electron chi connectivity index (χ3n) is 4.42. The predicted octanol–water partition coefficient (Wildman–Crippen LogP) is 2.59. The van der Waals surface area contributed by atoms with Crippen molar-refractivity contribution in [2.45, 2.75) is 13.1 Å². The van der Waals surface area contributed by atoms with E-state index in [-0.39, 0.29) is 29.9 Å². The van der Waals surface area contributed by atoms with Crippen molar-refractivity contribution < 1.29 is 9.59 Å². The van der Waals surface area contributed by atoms with Crippen molar-refractivity contribution in [1.82, 2.24) is 25.0 Å². The van der Waals surface area contributed by atoms with Gasteiger partial charge < -0.3 is 10.6 Å². The lowest BCUT2D eigenvalue weighted by atomic mass is 10.2. The van der Waals surface area contributed by atoms with Crippen LogP contribution in [0.1, 0.15) is 32.4 Å². The van der Waals surface area contributed by atoms with Crippen molar-refractivity contribution in [2.24, 2.45) is 0 Å². The number of rotatable bonds is 6. The van der Waals surface area contributed by atoms with E-state index in [9.17, 15) is 9.59 Å². The summed E-state index contributed by atoms with van der Waals surface area (Å²) in [5.74, 6) is -0.542. The zero-order valence-electron chi connectivity index (χ0n) is 15.6. The second-order valence-electron chi connectivity index (χ2n) is 6.41. The Balaban J connectivity index is 1.54. The minimum absolute atomic E-state index is 0.166. The fourth-order valence-corrected chi connectivity index (χ4v) is 2.98. The SMILES string of the molecule is O=C(NCc1ccccn1)c1nc(C(=O)NCc2ccccc2)n2ccccc12. The number of carbonyl (C=O) groups excluding carboxylic acids is 2. The van der Waals surface area contributed by atoms with E-state index < -0.39 is 0 Å². The van der Waals surface area contributed by atoms with E-state index in [0.717, 1.165) is 11.3 Å². The average molecular weight is 385 g/mol. The van der Waals surface area contributed by atoms with Gasteiger partial charge in [0.2, 0.25) is 5.82 Å². The molecule has 144 valence electrons. The number of nitrogens with zero attached hydrogens (tertiary/aromatic N) is 3. The van der Waals surface area contributed by atoms with Gasteiger partial charge in [-0.3, -0.25) is 19.0 Å². The third kappa shape index (κ3) is 4.14. The van der Waals surface area contributed by atoms with Crippen LogP contribution >= 0.6 is 0 Å². The highest BCUT2D eigenvalue weighted by atomic mass is 16.2. The molecule has 2 amide bonds. The van der Waals surface area contributed by atoms with Crippen LogP contribution in [-0.4, -0.2) is 26.2 Å². The first kappa shape index (κ1) is 18.4. The maximum atomic E-state index is 12.7. The molecule has 1 aromatic carbocycles. The zero-order chi connectivity index (χ0) is 20.1. The van der Waals surface area contributed by atoms with Gasteiger partial charge in [-0.2, -0.15) is 0 Å². The molecule has 2 N–H and O–H groups in total. The summed E-state index contributed by atoms with van der Waals surface area (Å²) in [6.45, 7) is 0.656.